The summed E-state index contributed by atoms with van der Waals surface area (Å²) in [6, 6.07) is 13.0. The Morgan fingerprint density at radius 3 is 2.31 bits per heavy atom. The molecule has 0 radical (unpaired) electrons. The van der Waals surface area contributed by atoms with E-state index in [-0.39, 0.29) is 10.8 Å². The fourth-order valence-electron chi connectivity index (χ4n) is 4.14. The second-order valence-corrected chi connectivity index (χ2v) is 10.4. The van der Waals surface area contributed by atoms with Crippen molar-refractivity contribution in [2.24, 2.45) is 0 Å². The summed E-state index contributed by atoms with van der Waals surface area (Å²) in [5.41, 5.74) is 3.39. The molecule has 2 aliphatic heterocycles. The monoisotopic (exact) mass is 457 g/mol. The Morgan fingerprint density at radius 2 is 1.62 bits per heavy atom. The predicted octanol–water partition coefficient (Wildman–Crippen LogP) is 2.54. The number of sulfonamides is 1. The number of hydrogen-bond acceptors (Lipinski definition) is 5. The van der Waals surface area contributed by atoms with E-state index in [4.69, 9.17) is 4.74 Å². The van der Waals surface area contributed by atoms with Gasteiger partial charge in [0, 0.05) is 44.8 Å². The standard InChI is InChI=1S/C24H31N3O4S/c1-19-4-9-22(32(29,30)27-10-2-3-11-27)16-23(19)24(28)25-17-20-5-7-21(8-6-20)18-26-12-14-31-15-13-26/h4-9,16H,2-3,10-15,17-18H2,1H3,(H,25,28). The molecule has 1 N–H and O–H groups in total. The summed E-state index contributed by atoms with van der Waals surface area (Å²) >= 11 is 0. The number of ether oxygens (including phenoxy) is 1. The van der Waals surface area contributed by atoms with E-state index in [9.17, 15) is 13.2 Å². The summed E-state index contributed by atoms with van der Waals surface area (Å²) in [5, 5.41) is 2.93. The minimum Gasteiger partial charge on any atom is -0.379 e. The molecule has 0 saturated carbocycles. The first kappa shape index (κ1) is 22.9. The average molecular weight is 458 g/mol. The largest absolute Gasteiger partial charge is 0.379 e. The van der Waals surface area contributed by atoms with Crippen molar-refractivity contribution < 1.29 is 17.9 Å². The van der Waals surface area contributed by atoms with Gasteiger partial charge in [-0.2, -0.15) is 4.31 Å². The first-order chi connectivity index (χ1) is 15.4. The van der Waals surface area contributed by atoms with E-state index in [2.05, 4.69) is 22.3 Å². The molecule has 2 aromatic carbocycles. The van der Waals surface area contributed by atoms with E-state index in [1.165, 1.54) is 15.9 Å². The second-order valence-electron chi connectivity index (χ2n) is 8.48. The molecule has 0 bridgehead atoms. The third-order valence-electron chi connectivity index (χ3n) is 6.14. The predicted molar refractivity (Wildman–Crippen MR) is 123 cm³/mol. The van der Waals surface area contributed by atoms with Crippen molar-refractivity contribution in [2.45, 2.75) is 37.8 Å². The highest BCUT2D eigenvalue weighted by Gasteiger charge is 2.28. The molecule has 2 aliphatic rings. The topological polar surface area (TPSA) is 79.0 Å². The van der Waals surface area contributed by atoms with Crippen molar-refractivity contribution in [3.63, 3.8) is 0 Å². The van der Waals surface area contributed by atoms with E-state index >= 15 is 0 Å². The van der Waals surface area contributed by atoms with Crippen LogP contribution in [0.2, 0.25) is 0 Å². The second kappa shape index (κ2) is 10.1. The van der Waals surface area contributed by atoms with Crippen molar-refractivity contribution in [1.29, 1.82) is 0 Å². The summed E-state index contributed by atoms with van der Waals surface area (Å²) in [5.74, 6) is -0.265. The molecule has 2 fully saturated rings. The highest BCUT2D eigenvalue weighted by molar-refractivity contribution is 7.89. The van der Waals surface area contributed by atoms with Crippen LogP contribution in [0.15, 0.2) is 47.4 Å². The fraction of sp³-hybridized carbons (Fsp3) is 0.458. The Kier molecular flexibility index (Phi) is 7.25. The smallest absolute Gasteiger partial charge is 0.251 e. The number of aryl methyl sites for hydroxylation is 1. The molecule has 7 nitrogen and oxygen atoms in total. The van der Waals surface area contributed by atoms with Gasteiger partial charge in [0.1, 0.15) is 0 Å². The van der Waals surface area contributed by atoms with Crippen molar-refractivity contribution >= 4 is 15.9 Å². The number of nitrogens with one attached hydrogen (secondary N) is 1. The van der Waals surface area contributed by atoms with Crippen LogP contribution in [0.4, 0.5) is 0 Å². The molecule has 32 heavy (non-hydrogen) atoms. The molecule has 1 amide bonds. The Balaban J connectivity index is 1.38. The summed E-state index contributed by atoms with van der Waals surface area (Å²) in [7, 11) is -3.55. The van der Waals surface area contributed by atoms with Crippen molar-refractivity contribution in [3.8, 4) is 0 Å². The van der Waals surface area contributed by atoms with Gasteiger partial charge in [-0.3, -0.25) is 9.69 Å². The lowest BCUT2D eigenvalue weighted by atomic mass is 10.1. The van der Waals surface area contributed by atoms with Gasteiger partial charge >= 0.3 is 0 Å². The normalized spacial score (nSPS) is 18.0. The van der Waals surface area contributed by atoms with Crippen LogP contribution in [-0.2, 0) is 27.8 Å². The Morgan fingerprint density at radius 1 is 0.969 bits per heavy atom. The SMILES string of the molecule is Cc1ccc(S(=O)(=O)N2CCCC2)cc1C(=O)NCc1ccc(CN2CCOCC2)cc1. The first-order valence-electron chi connectivity index (χ1n) is 11.2. The van der Waals surface area contributed by atoms with Gasteiger partial charge in [0.2, 0.25) is 10.0 Å². The van der Waals surface area contributed by atoms with Gasteiger partial charge in [-0.1, -0.05) is 30.3 Å². The Labute approximate surface area is 190 Å². The third kappa shape index (κ3) is 5.38. The van der Waals surface area contributed by atoms with E-state index in [1.807, 2.05) is 19.1 Å². The third-order valence-corrected chi connectivity index (χ3v) is 8.04. The fourth-order valence-corrected chi connectivity index (χ4v) is 5.69. The number of nitrogens with zero attached hydrogens (tertiary/aromatic N) is 2. The number of hydrogen-bond donors (Lipinski definition) is 1. The highest BCUT2D eigenvalue weighted by atomic mass is 32.2. The minimum absolute atomic E-state index is 0.183. The van der Waals surface area contributed by atoms with Gasteiger partial charge in [-0.25, -0.2) is 8.42 Å². The van der Waals surface area contributed by atoms with E-state index in [1.54, 1.807) is 12.1 Å². The maximum atomic E-state index is 12.9. The molecule has 4 rings (SSSR count). The van der Waals surface area contributed by atoms with Crippen LogP contribution < -0.4 is 5.32 Å². The average Bonchev–Trinajstić information content (AvgIpc) is 3.35. The summed E-state index contributed by atoms with van der Waals surface area (Å²) in [4.78, 5) is 15.4. The molecule has 0 aromatic heterocycles. The summed E-state index contributed by atoms with van der Waals surface area (Å²) in [6.45, 7) is 7.65. The van der Waals surface area contributed by atoms with E-state index in [0.29, 0.717) is 25.2 Å². The number of amides is 1. The lowest BCUT2D eigenvalue weighted by Crippen LogP contribution is -2.35. The molecule has 0 spiro atoms. The molecule has 2 saturated heterocycles. The van der Waals surface area contributed by atoms with E-state index < -0.39 is 10.0 Å². The van der Waals surface area contributed by atoms with Crippen molar-refractivity contribution in [1.82, 2.24) is 14.5 Å². The molecule has 0 unspecified atom stereocenters. The first-order valence-corrected chi connectivity index (χ1v) is 12.6. The van der Waals surface area contributed by atoms with Gasteiger partial charge in [0.25, 0.3) is 5.91 Å². The maximum absolute atomic E-state index is 12.9. The Bertz CT molecular complexity index is 1040. The summed E-state index contributed by atoms with van der Waals surface area (Å²) < 4.78 is 32.6. The van der Waals surface area contributed by atoms with Crippen LogP contribution in [-0.4, -0.2) is 62.9 Å². The lowest BCUT2D eigenvalue weighted by molar-refractivity contribution is 0.0342. The molecule has 0 atom stereocenters. The zero-order valence-corrected chi connectivity index (χ0v) is 19.4. The molecular weight excluding hydrogens is 426 g/mol. The maximum Gasteiger partial charge on any atom is 0.251 e. The molecule has 0 aliphatic carbocycles. The van der Waals surface area contributed by atoms with Crippen LogP contribution in [0.1, 0.15) is 39.9 Å². The number of benzene rings is 2. The van der Waals surface area contributed by atoms with Gasteiger partial charge in [0.15, 0.2) is 0 Å². The number of carbonyl (C=O) groups excluding carboxylic acids is 1. The van der Waals surface area contributed by atoms with Gasteiger partial charge in [-0.15, -0.1) is 0 Å². The molecule has 172 valence electrons. The number of carbonyl (C=O) groups is 1. The van der Waals surface area contributed by atoms with Crippen LogP contribution in [0.25, 0.3) is 0 Å². The number of rotatable bonds is 7. The van der Waals surface area contributed by atoms with Crippen molar-refractivity contribution in [3.05, 3.63) is 64.7 Å². The zero-order valence-electron chi connectivity index (χ0n) is 18.5. The molecule has 2 heterocycles. The van der Waals surface area contributed by atoms with Crippen LogP contribution >= 0.6 is 0 Å². The van der Waals surface area contributed by atoms with Crippen LogP contribution in [0.3, 0.4) is 0 Å². The van der Waals surface area contributed by atoms with E-state index in [0.717, 1.165) is 56.8 Å². The Hall–Kier alpha value is -2.26. The number of morpholine rings is 1. The van der Waals surface area contributed by atoms with Gasteiger partial charge < -0.3 is 10.1 Å². The molecular formula is C24H31N3O4S. The zero-order chi connectivity index (χ0) is 22.6. The van der Waals surface area contributed by atoms with Gasteiger partial charge in [0.05, 0.1) is 18.1 Å². The quantitative estimate of drug-likeness (QED) is 0.691. The van der Waals surface area contributed by atoms with Crippen LogP contribution in [0, 0.1) is 6.92 Å². The molecule has 8 heteroatoms. The molecule has 2 aromatic rings. The van der Waals surface area contributed by atoms with Crippen LogP contribution in [0.5, 0.6) is 0 Å². The van der Waals surface area contributed by atoms with Crippen molar-refractivity contribution in [2.75, 3.05) is 39.4 Å². The minimum atomic E-state index is -3.55. The van der Waals surface area contributed by atoms with Gasteiger partial charge in [-0.05, 0) is 48.6 Å². The lowest BCUT2D eigenvalue weighted by Gasteiger charge is -2.26. The highest BCUT2D eigenvalue weighted by Crippen LogP contribution is 2.23. The summed E-state index contributed by atoms with van der Waals surface area (Å²) in [6.07, 6.45) is 1.76.